The Morgan fingerprint density at radius 3 is 2.80 bits per heavy atom. The Kier molecular flexibility index (Phi) is 3.45. The van der Waals surface area contributed by atoms with E-state index >= 15 is 0 Å². The molecule has 0 spiro atoms. The lowest BCUT2D eigenvalue weighted by Crippen LogP contribution is -2.39. The summed E-state index contributed by atoms with van der Waals surface area (Å²) in [6.07, 6.45) is 1.00. The minimum Gasteiger partial charge on any atom is -0.335 e. The second-order valence-electron chi connectivity index (χ2n) is 5.70. The molecule has 2 saturated heterocycles. The van der Waals surface area contributed by atoms with Gasteiger partial charge < -0.3 is 10.2 Å². The van der Waals surface area contributed by atoms with Gasteiger partial charge in [0.15, 0.2) is 0 Å². The van der Waals surface area contributed by atoms with Crippen LogP contribution in [0.15, 0.2) is 24.3 Å². The Bertz CT molecular complexity index is 546. The van der Waals surface area contributed by atoms with Crippen LogP contribution in [0.4, 0.5) is 0 Å². The molecule has 4 heteroatoms. The molecule has 0 aliphatic carbocycles. The number of benzene rings is 1. The predicted molar refractivity (Wildman–Crippen MR) is 76.1 cm³/mol. The third kappa shape index (κ3) is 2.08. The van der Waals surface area contributed by atoms with E-state index in [1.807, 2.05) is 4.90 Å². The van der Waals surface area contributed by atoms with Gasteiger partial charge >= 0.3 is 0 Å². The molecule has 2 fully saturated rings. The smallest absolute Gasteiger partial charge is 0.254 e. The van der Waals surface area contributed by atoms with Gasteiger partial charge in [0.25, 0.3) is 5.91 Å². The standard InChI is InChI=1S/C16H19N3O/c1-2-15-14-9-18-8-13(14)10-19(15)16(20)12-5-3-11(7-17)4-6-12/h3-6,13-15,18H,2,8-10H2,1H3. The molecule has 4 nitrogen and oxygen atoms in total. The molecule has 20 heavy (non-hydrogen) atoms. The summed E-state index contributed by atoms with van der Waals surface area (Å²) in [5.41, 5.74) is 1.28. The van der Waals surface area contributed by atoms with Crippen molar-refractivity contribution in [3.8, 4) is 6.07 Å². The summed E-state index contributed by atoms with van der Waals surface area (Å²) in [5, 5.41) is 12.2. The summed E-state index contributed by atoms with van der Waals surface area (Å²) in [6, 6.07) is 9.38. The van der Waals surface area contributed by atoms with E-state index in [1.165, 1.54) is 0 Å². The summed E-state index contributed by atoms with van der Waals surface area (Å²) in [7, 11) is 0. The summed E-state index contributed by atoms with van der Waals surface area (Å²) in [4.78, 5) is 14.7. The fourth-order valence-electron chi connectivity index (χ4n) is 3.63. The Morgan fingerprint density at radius 1 is 1.40 bits per heavy atom. The van der Waals surface area contributed by atoms with E-state index in [2.05, 4.69) is 18.3 Å². The van der Waals surface area contributed by atoms with Crippen LogP contribution >= 0.6 is 0 Å². The van der Waals surface area contributed by atoms with Crippen molar-refractivity contribution in [3.05, 3.63) is 35.4 Å². The second kappa shape index (κ2) is 5.26. The molecule has 104 valence electrons. The van der Waals surface area contributed by atoms with Crippen molar-refractivity contribution < 1.29 is 4.79 Å². The van der Waals surface area contributed by atoms with Crippen LogP contribution in [0.2, 0.25) is 0 Å². The first-order valence-electron chi connectivity index (χ1n) is 7.26. The van der Waals surface area contributed by atoms with E-state index in [-0.39, 0.29) is 5.91 Å². The van der Waals surface area contributed by atoms with Gasteiger partial charge in [-0.2, -0.15) is 5.26 Å². The zero-order chi connectivity index (χ0) is 14.1. The third-order valence-electron chi connectivity index (χ3n) is 4.66. The highest BCUT2D eigenvalue weighted by Gasteiger charge is 2.45. The normalized spacial score (nSPS) is 28.2. The van der Waals surface area contributed by atoms with Crippen molar-refractivity contribution >= 4 is 5.91 Å². The van der Waals surface area contributed by atoms with Crippen molar-refractivity contribution in [2.75, 3.05) is 19.6 Å². The summed E-state index contributed by atoms with van der Waals surface area (Å²) >= 11 is 0. The van der Waals surface area contributed by atoms with Crippen LogP contribution in [0.1, 0.15) is 29.3 Å². The molecule has 1 aromatic rings. The summed E-state index contributed by atoms with van der Waals surface area (Å²) < 4.78 is 0. The molecule has 0 saturated carbocycles. The Balaban J connectivity index is 1.81. The minimum atomic E-state index is 0.107. The number of fused-ring (bicyclic) bond motifs is 1. The number of nitrogens with one attached hydrogen (secondary N) is 1. The van der Waals surface area contributed by atoms with Gasteiger partial charge in [-0.3, -0.25) is 4.79 Å². The van der Waals surface area contributed by atoms with Crippen molar-refractivity contribution in [1.82, 2.24) is 10.2 Å². The molecule has 1 amide bonds. The lowest BCUT2D eigenvalue weighted by atomic mass is 9.93. The molecular formula is C16H19N3O. The zero-order valence-electron chi connectivity index (χ0n) is 11.7. The van der Waals surface area contributed by atoms with E-state index in [1.54, 1.807) is 24.3 Å². The second-order valence-corrected chi connectivity index (χ2v) is 5.70. The monoisotopic (exact) mass is 269 g/mol. The van der Waals surface area contributed by atoms with E-state index in [0.717, 1.165) is 26.1 Å². The number of hydrogen-bond donors (Lipinski definition) is 1. The van der Waals surface area contributed by atoms with E-state index in [9.17, 15) is 4.79 Å². The number of likely N-dealkylation sites (tertiary alicyclic amines) is 1. The van der Waals surface area contributed by atoms with Gasteiger partial charge in [0, 0.05) is 31.2 Å². The van der Waals surface area contributed by atoms with Crippen molar-refractivity contribution in [3.63, 3.8) is 0 Å². The van der Waals surface area contributed by atoms with Crippen molar-refractivity contribution in [1.29, 1.82) is 5.26 Å². The SMILES string of the molecule is CCC1C2CNCC2CN1C(=O)c1ccc(C#N)cc1. The number of nitrogens with zero attached hydrogens (tertiary/aromatic N) is 2. The molecule has 2 aliphatic heterocycles. The third-order valence-corrected chi connectivity index (χ3v) is 4.66. The van der Waals surface area contributed by atoms with Crippen molar-refractivity contribution in [2.24, 2.45) is 11.8 Å². The maximum absolute atomic E-state index is 12.7. The quantitative estimate of drug-likeness (QED) is 0.887. The van der Waals surface area contributed by atoms with Gasteiger partial charge in [0.1, 0.15) is 0 Å². The molecule has 1 N–H and O–H groups in total. The number of amides is 1. The topological polar surface area (TPSA) is 56.1 Å². The van der Waals surface area contributed by atoms with Crippen LogP contribution in [0, 0.1) is 23.2 Å². The molecule has 3 rings (SSSR count). The zero-order valence-corrected chi connectivity index (χ0v) is 11.7. The summed E-state index contributed by atoms with van der Waals surface area (Å²) in [5.74, 6) is 1.31. The molecule has 0 radical (unpaired) electrons. The maximum atomic E-state index is 12.7. The van der Waals surface area contributed by atoms with Crippen LogP contribution in [0.25, 0.3) is 0 Å². The highest BCUT2D eigenvalue weighted by atomic mass is 16.2. The Hall–Kier alpha value is -1.86. The largest absolute Gasteiger partial charge is 0.335 e. The van der Waals surface area contributed by atoms with Crippen LogP contribution < -0.4 is 5.32 Å². The van der Waals surface area contributed by atoms with Crippen LogP contribution in [-0.4, -0.2) is 36.5 Å². The summed E-state index contributed by atoms with van der Waals surface area (Å²) in [6.45, 7) is 5.07. The van der Waals surface area contributed by atoms with E-state index in [4.69, 9.17) is 5.26 Å². The van der Waals surface area contributed by atoms with E-state index < -0.39 is 0 Å². The number of hydrogen-bond acceptors (Lipinski definition) is 3. The molecule has 0 aromatic heterocycles. The molecule has 2 aliphatic rings. The highest BCUT2D eigenvalue weighted by molar-refractivity contribution is 5.94. The number of carbonyl (C=O) groups excluding carboxylic acids is 1. The molecule has 2 heterocycles. The average Bonchev–Trinajstić information content (AvgIpc) is 3.06. The van der Waals surface area contributed by atoms with Gasteiger partial charge in [-0.05, 0) is 42.5 Å². The number of nitriles is 1. The maximum Gasteiger partial charge on any atom is 0.254 e. The number of rotatable bonds is 2. The highest BCUT2D eigenvalue weighted by Crippen LogP contribution is 2.35. The molecule has 3 atom stereocenters. The lowest BCUT2D eigenvalue weighted by molar-refractivity contribution is 0.0711. The fraction of sp³-hybridized carbons (Fsp3) is 0.500. The van der Waals surface area contributed by atoms with E-state index in [0.29, 0.717) is 29.0 Å². The molecular weight excluding hydrogens is 250 g/mol. The predicted octanol–water partition coefficient (Wildman–Crippen LogP) is 1.63. The van der Waals surface area contributed by atoms with Crippen LogP contribution in [0.3, 0.4) is 0 Å². The first kappa shape index (κ1) is 13.1. The average molecular weight is 269 g/mol. The van der Waals surface area contributed by atoms with Crippen molar-refractivity contribution in [2.45, 2.75) is 19.4 Å². The van der Waals surface area contributed by atoms with Gasteiger partial charge in [-0.1, -0.05) is 6.92 Å². The molecule has 3 unspecified atom stereocenters. The minimum absolute atomic E-state index is 0.107. The lowest BCUT2D eigenvalue weighted by Gasteiger charge is -2.27. The first-order valence-corrected chi connectivity index (χ1v) is 7.26. The first-order chi connectivity index (χ1) is 9.74. The van der Waals surface area contributed by atoms with Crippen LogP contribution in [-0.2, 0) is 0 Å². The van der Waals surface area contributed by atoms with Gasteiger partial charge in [-0.25, -0.2) is 0 Å². The Morgan fingerprint density at radius 2 is 2.15 bits per heavy atom. The van der Waals surface area contributed by atoms with Gasteiger partial charge in [-0.15, -0.1) is 0 Å². The fourth-order valence-corrected chi connectivity index (χ4v) is 3.63. The molecule has 0 bridgehead atoms. The van der Waals surface area contributed by atoms with Gasteiger partial charge in [0.2, 0.25) is 0 Å². The Labute approximate surface area is 119 Å². The van der Waals surface area contributed by atoms with Gasteiger partial charge in [0.05, 0.1) is 11.6 Å². The molecule has 1 aromatic carbocycles. The van der Waals surface area contributed by atoms with Crippen LogP contribution in [0.5, 0.6) is 0 Å². The number of carbonyl (C=O) groups is 1.